The van der Waals surface area contributed by atoms with Crippen molar-refractivity contribution in [2.45, 2.75) is 19.0 Å². The Hall–Kier alpha value is -2.39. The monoisotopic (exact) mass is 348 g/mol. The van der Waals surface area contributed by atoms with Crippen LogP contribution in [0.4, 0.5) is 13.2 Å². The van der Waals surface area contributed by atoms with Crippen LogP contribution in [0.3, 0.4) is 0 Å². The molecule has 0 saturated carbocycles. The lowest BCUT2D eigenvalue weighted by Crippen LogP contribution is -2.39. The molecule has 24 heavy (non-hydrogen) atoms. The summed E-state index contributed by atoms with van der Waals surface area (Å²) in [5, 5.41) is 1.53. The van der Waals surface area contributed by atoms with Gasteiger partial charge < -0.3 is 10.1 Å². The summed E-state index contributed by atoms with van der Waals surface area (Å²) in [5.74, 6) is -4.11. The predicted molar refractivity (Wildman–Crippen MR) is 72.1 cm³/mol. The molecule has 1 aliphatic carbocycles. The summed E-state index contributed by atoms with van der Waals surface area (Å²) in [6.07, 6.45) is -0.155. The third-order valence-electron chi connectivity index (χ3n) is 3.74. The Morgan fingerprint density at radius 1 is 1.17 bits per heavy atom. The molecule has 1 aliphatic heterocycles. The number of fused-ring (bicyclic) bond motifs is 1. The second kappa shape index (κ2) is 7.02. The quantitative estimate of drug-likeness (QED) is 0.434. The summed E-state index contributed by atoms with van der Waals surface area (Å²) in [6, 6.07) is 0. The summed E-state index contributed by atoms with van der Waals surface area (Å²) in [6.45, 7) is -3.11. The predicted octanol–water partition coefficient (Wildman–Crippen LogP) is 0.159. The van der Waals surface area contributed by atoms with Crippen molar-refractivity contribution in [1.29, 1.82) is 0 Å². The molecular weight excluding hydrogens is 333 g/mol. The first kappa shape index (κ1) is 18.0. The summed E-state index contributed by atoms with van der Waals surface area (Å²) in [4.78, 5) is 47.7. The zero-order valence-corrected chi connectivity index (χ0v) is 12.5. The fraction of sp³-hybridized carbons (Fsp3) is 0.571. The van der Waals surface area contributed by atoms with Gasteiger partial charge in [0.2, 0.25) is 11.8 Å². The van der Waals surface area contributed by atoms with E-state index in [4.69, 9.17) is 0 Å². The first-order valence-electron chi connectivity index (χ1n) is 7.18. The summed E-state index contributed by atoms with van der Waals surface area (Å²) in [7, 11) is 0. The van der Waals surface area contributed by atoms with E-state index in [1.165, 1.54) is 5.32 Å². The minimum absolute atomic E-state index is 0.417. The third kappa shape index (κ3) is 4.33. The minimum Gasteiger partial charge on any atom is -0.454 e. The maximum atomic E-state index is 12.1. The van der Waals surface area contributed by atoms with Gasteiger partial charge in [0, 0.05) is 0 Å². The van der Waals surface area contributed by atoms with Crippen molar-refractivity contribution in [3.63, 3.8) is 0 Å². The molecule has 0 aromatic heterocycles. The number of amides is 3. The van der Waals surface area contributed by atoms with Crippen molar-refractivity contribution in [1.82, 2.24) is 10.2 Å². The van der Waals surface area contributed by atoms with Crippen molar-refractivity contribution < 1.29 is 37.1 Å². The van der Waals surface area contributed by atoms with Crippen LogP contribution in [0.15, 0.2) is 12.2 Å². The highest BCUT2D eigenvalue weighted by Gasteiger charge is 2.47. The van der Waals surface area contributed by atoms with Crippen LogP contribution < -0.4 is 5.32 Å². The van der Waals surface area contributed by atoms with Gasteiger partial charge in [-0.3, -0.25) is 24.1 Å². The molecule has 0 aromatic rings. The molecule has 1 fully saturated rings. The number of esters is 1. The number of nitrogens with zero attached hydrogens (tertiary/aromatic N) is 1. The number of carbonyl (C=O) groups excluding carboxylic acids is 4. The molecule has 1 N–H and O–H groups in total. The van der Waals surface area contributed by atoms with Gasteiger partial charge in [0.05, 0.1) is 11.8 Å². The van der Waals surface area contributed by atoms with E-state index in [0.29, 0.717) is 12.8 Å². The molecular formula is C14H15F3N2O5. The highest BCUT2D eigenvalue weighted by molar-refractivity contribution is 6.07. The number of allylic oxidation sites excluding steroid dienone is 2. The number of nitrogens with one attached hydrogen (secondary N) is 1. The standard InChI is InChI=1S/C14H15F3N2O5/c15-14(16,17)7-18-10(20)6-24-11(21)5-19-12(22)8-3-1-2-4-9(8)13(19)23/h1-2,8-9H,3-7H2,(H,18,20)/t8-,9+. The number of carbonyl (C=O) groups is 4. The van der Waals surface area contributed by atoms with Crippen LogP contribution in [0.2, 0.25) is 0 Å². The van der Waals surface area contributed by atoms with Gasteiger partial charge in [0.1, 0.15) is 13.1 Å². The summed E-state index contributed by atoms with van der Waals surface area (Å²) >= 11 is 0. The van der Waals surface area contributed by atoms with Gasteiger partial charge in [-0.2, -0.15) is 13.2 Å². The highest BCUT2D eigenvalue weighted by atomic mass is 19.4. The first-order valence-corrected chi connectivity index (χ1v) is 7.18. The van der Waals surface area contributed by atoms with Crippen molar-refractivity contribution >= 4 is 23.7 Å². The third-order valence-corrected chi connectivity index (χ3v) is 3.74. The topological polar surface area (TPSA) is 92.8 Å². The van der Waals surface area contributed by atoms with E-state index < -0.39 is 61.4 Å². The zero-order chi connectivity index (χ0) is 17.9. The van der Waals surface area contributed by atoms with Crippen LogP contribution in [0.25, 0.3) is 0 Å². The molecule has 132 valence electrons. The van der Waals surface area contributed by atoms with Crippen LogP contribution in [0.1, 0.15) is 12.8 Å². The lowest BCUT2D eigenvalue weighted by Gasteiger charge is -2.14. The fourth-order valence-corrected chi connectivity index (χ4v) is 2.60. The van der Waals surface area contributed by atoms with Gasteiger partial charge in [-0.1, -0.05) is 12.2 Å². The van der Waals surface area contributed by atoms with Crippen LogP contribution in [0, 0.1) is 11.8 Å². The molecule has 3 amide bonds. The molecule has 1 heterocycles. The van der Waals surface area contributed by atoms with Gasteiger partial charge in [-0.15, -0.1) is 0 Å². The highest BCUT2D eigenvalue weighted by Crippen LogP contribution is 2.34. The average Bonchev–Trinajstić information content (AvgIpc) is 2.76. The van der Waals surface area contributed by atoms with Crippen LogP contribution in [0.5, 0.6) is 0 Å². The van der Waals surface area contributed by atoms with Gasteiger partial charge in [-0.25, -0.2) is 0 Å². The normalized spacial score (nSPS) is 23.2. The Morgan fingerprint density at radius 3 is 2.21 bits per heavy atom. The summed E-state index contributed by atoms with van der Waals surface area (Å²) < 4.78 is 40.2. The molecule has 2 atom stereocenters. The lowest BCUT2D eigenvalue weighted by molar-refractivity contribution is -0.156. The number of hydrogen-bond donors (Lipinski definition) is 1. The van der Waals surface area contributed by atoms with Crippen molar-refractivity contribution in [2.75, 3.05) is 19.7 Å². The van der Waals surface area contributed by atoms with E-state index in [0.717, 1.165) is 4.90 Å². The number of hydrogen-bond acceptors (Lipinski definition) is 5. The zero-order valence-electron chi connectivity index (χ0n) is 12.5. The summed E-state index contributed by atoms with van der Waals surface area (Å²) in [5.41, 5.74) is 0. The second-order valence-corrected chi connectivity index (χ2v) is 5.47. The van der Waals surface area contributed by atoms with Gasteiger partial charge in [0.25, 0.3) is 5.91 Å². The SMILES string of the molecule is O=C(COC(=O)CN1C(=O)[C@H]2CC=CC[C@H]2C1=O)NCC(F)(F)F. The molecule has 0 radical (unpaired) electrons. The Morgan fingerprint density at radius 2 is 1.71 bits per heavy atom. The molecule has 0 bridgehead atoms. The molecule has 0 spiro atoms. The Labute approximate surface area is 134 Å². The number of ether oxygens (including phenoxy) is 1. The molecule has 0 unspecified atom stereocenters. The number of rotatable bonds is 5. The Bertz CT molecular complexity index is 561. The number of likely N-dealkylation sites (tertiary alicyclic amines) is 1. The van der Waals surface area contributed by atoms with E-state index in [9.17, 15) is 32.3 Å². The van der Waals surface area contributed by atoms with Gasteiger partial charge >= 0.3 is 12.1 Å². The van der Waals surface area contributed by atoms with E-state index in [2.05, 4.69) is 4.74 Å². The molecule has 2 aliphatic rings. The molecule has 10 heteroatoms. The molecule has 0 aromatic carbocycles. The number of halogens is 3. The van der Waals surface area contributed by atoms with E-state index in [1.54, 1.807) is 12.2 Å². The maximum Gasteiger partial charge on any atom is 0.405 e. The van der Waals surface area contributed by atoms with E-state index >= 15 is 0 Å². The Balaban J connectivity index is 1.79. The van der Waals surface area contributed by atoms with Gasteiger partial charge in [0.15, 0.2) is 6.61 Å². The van der Waals surface area contributed by atoms with Crippen molar-refractivity contribution in [2.24, 2.45) is 11.8 Å². The fourth-order valence-electron chi connectivity index (χ4n) is 2.60. The molecule has 2 rings (SSSR count). The maximum absolute atomic E-state index is 12.1. The smallest absolute Gasteiger partial charge is 0.405 e. The van der Waals surface area contributed by atoms with Crippen LogP contribution >= 0.6 is 0 Å². The largest absolute Gasteiger partial charge is 0.454 e. The van der Waals surface area contributed by atoms with Crippen LogP contribution in [-0.2, 0) is 23.9 Å². The van der Waals surface area contributed by atoms with Crippen molar-refractivity contribution in [3.05, 3.63) is 12.2 Å². The second-order valence-electron chi connectivity index (χ2n) is 5.47. The van der Waals surface area contributed by atoms with Crippen LogP contribution in [-0.4, -0.2) is 54.5 Å². The number of imide groups is 1. The number of alkyl halides is 3. The lowest BCUT2D eigenvalue weighted by atomic mass is 9.85. The van der Waals surface area contributed by atoms with Crippen molar-refractivity contribution in [3.8, 4) is 0 Å². The minimum atomic E-state index is -4.57. The van der Waals surface area contributed by atoms with Gasteiger partial charge in [-0.05, 0) is 12.8 Å². The molecule has 1 saturated heterocycles. The van der Waals surface area contributed by atoms with E-state index in [-0.39, 0.29) is 0 Å². The average molecular weight is 348 g/mol. The first-order chi connectivity index (χ1) is 11.2. The molecule has 7 nitrogen and oxygen atoms in total. The Kier molecular flexibility index (Phi) is 5.25. The van der Waals surface area contributed by atoms with E-state index in [1.807, 2.05) is 0 Å².